The van der Waals surface area contributed by atoms with Crippen LogP contribution in [0.15, 0.2) is 35.4 Å². The molecule has 1 saturated carbocycles. The average Bonchev–Trinajstić information content (AvgIpc) is 3.99. The number of hydrogen-bond donors (Lipinski definition) is 4. The second-order valence-electron chi connectivity index (χ2n) is 19.9. The van der Waals surface area contributed by atoms with Crippen LogP contribution in [0.3, 0.4) is 0 Å². The number of benzene rings is 1. The molecule has 4 aliphatic heterocycles. The number of aromatic nitrogens is 7. The number of amides is 4. The quantitative estimate of drug-likeness (QED) is 0.109. The summed E-state index contributed by atoms with van der Waals surface area (Å²) in [7, 11) is 0. The molecular weight excluding hydrogens is 953 g/mol. The highest BCUT2D eigenvalue weighted by atomic mass is 19.1. The van der Waals surface area contributed by atoms with E-state index >= 15 is 8.78 Å². The number of nitrogens with two attached hydrogens (primary N) is 1. The summed E-state index contributed by atoms with van der Waals surface area (Å²) < 4.78 is 43.8. The number of fused-ring (bicyclic) bond motifs is 1. The lowest BCUT2D eigenvalue weighted by atomic mass is 9.96. The molecule has 1 aromatic carbocycles. The molecule has 8 heterocycles. The molecule has 23 nitrogen and oxygen atoms in total. The number of piperazine rings is 2. The average molecular weight is 1010 g/mol. The summed E-state index contributed by atoms with van der Waals surface area (Å²) in [4.78, 5) is 86.0. The number of imide groups is 1. The van der Waals surface area contributed by atoms with E-state index in [1.54, 1.807) is 27.1 Å². The zero-order chi connectivity index (χ0) is 51.6. The Morgan fingerprint density at radius 3 is 2.18 bits per heavy atom. The van der Waals surface area contributed by atoms with E-state index in [-0.39, 0.29) is 60.8 Å². The first-order chi connectivity index (χ1) is 35.1. The number of ether oxygens (including phenoxy) is 1. The van der Waals surface area contributed by atoms with Gasteiger partial charge >= 0.3 is 6.09 Å². The number of nitrogens with one attached hydrogen (secondary N) is 2. The summed E-state index contributed by atoms with van der Waals surface area (Å²) in [5.41, 5.74) is 9.07. The van der Waals surface area contributed by atoms with Crippen LogP contribution in [0.1, 0.15) is 71.0 Å². The third kappa shape index (κ3) is 11.1. The minimum absolute atomic E-state index is 0.0960. The van der Waals surface area contributed by atoms with Gasteiger partial charge in [0.2, 0.25) is 11.8 Å². The molecule has 4 saturated heterocycles. The summed E-state index contributed by atoms with van der Waals surface area (Å²) in [6.07, 6.45) is 8.34. The molecule has 1 aliphatic carbocycles. The van der Waals surface area contributed by atoms with E-state index in [9.17, 15) is 19.2 Å². The van der Waals surface area contributed by atoms with Crippen LogP contribution in [-0.4, -0.2) is 170 Å². The van der Waals surface area contributed by atoms with E-state index in [0.29, 0.717) is 111 Å². The minimum Gasteiger partial charge on any atom is -0.483 e. The van der Waals surface area contributed by atoms with Gasteiger partial charge in [-0.1, -0.05) is 5.16 Å². The third-order valence-corrected chi connectivity index (χ3v) is 13.9. The smallest absolute Gasteiger partial charge is 0.410 e. The van der Waals surface area contributed by atoms with Gasteiger partial charge in [-0.2, -0.15) is 5.10 Å². The number of anilines is 4. The number of carbonyl (C=O) groups excluding carboxylic acids is 4. The highest BCUT2D eigenvalue weighted by Crippen LogP contribution is 2.48. The van der Waals surface area contributed by atoms with Crippen molar-refractivity contribution in [2.24, 2.45) is 5.92 Å². The maximum absolute atomic E-state index is 15.3. The molecule has 5 fully saturated rings. The first-order valence-corrected chi connectivity index (χ1v) is 24.5. The Morgan fingerprint density at radius 1 is 0.890 bits per heavy atom. The number of halogens is 2. The maximum Gasteiger partial charge on any atom is 0.410 e. The molecule has 0 radical (unpaired) electrons. The molecule has 4 aromatic heterocycles. The van der Waals surface area contributed by atoms with E-state index in [1.165, 1.54) is 18.5 Å². The number of nitrogens with zero attached hydrogens (tertiary/aromatic N) is 12. The van der Waals surface area contributed by atoms with E-state index in [4.69, 9.17) is 40.0 Å². The SMILES string of the molecule is CC(C)(C)n1nc(-c2noc(C3CC3)c2-c2ncc(N3CCN(C(=O)OCC(=O)N4CCC(CN5CCN(c6c(F)cc(N[C@H]7CCC(=O)NC7=O)cc6F)CC5)CC4)CC3)cn2)c2c(N)ncnc21.O=CO. The van der Waals surface area contributed by atoms with E-state index in [2.05, 4.69) is 35.6 Å². The fourth-order valence-corrected chi connectivity index (χ4v) is 9.85. The molecule has 73 heavy (non-hydrogen) atoms. The first-order valence-electron chi connectivity index (χ1n) is 24.5. The summed E-state index contributed by atoms with van der Waals surface area (Å²) in [6, 6.07) is 1.63. The van der Waals surface area contributed by atoms with Crippen LogP contribution in [0.25, 0.3) is 33.8 Å². The van der Waals surface area contributed by atoms with Gasteiger partial charge in [-0.05, 0) is 70.9 Å². The van der Waals surface area contributed by atoms with Crippen LogP contribution in [0.5, 0.6) is 0 Å². The second-order valence-corrected chi connectivity index (χ2v) is 19.9. The van der Waals surface area contributed by atoms with Crippen molar-refractivity contribution in [3.05, 3.63) is 48.2 Å². The van der Waals surface area contributed by atoms with Crippen molar-refractivity contribution < 1.29 is 47.1 Å². The molecule has 10 rings (SSSR count). The molecule has 388 valence electrons. The van der Waals surface area contributed by atoms with Crippen molar-refractivity contribution in [1.82, 2.24) is 54.9 Å². The monoisotopic (exact) mass is 1010 g/mol. The van der Waals surface area contributed by atoms with E-state index in [0.717, 1.165) is 37.9 Å². The molecule has 0 spiro atoms. The number of rotatable bonds is 11. The molecule has 0 unspecified atom stereocenters. The van der Waals surface area contributed by atoms with Crippen LogP contribution in [-0.2, 0) is 29.5 Å². The van der Waals surface area contributed by atoms with Crippen molar-refractivity contribution in [3.8, 4) is 22.8 Å². The molecular formula is C48H59F2N15O8. The number of hydrogen-bond acceptors (Lipinski definition) is 18. The molecule has 0 bridgehead atoms. The van der Waals surface area contributed by atoms with Gasteiger partial charge < -0.3 is 45.0 Å². The van der Waals surface area contributed by atoms with Gasteiger partial charge in [0, 0.05) is 90.0 Å². The molecule has 4 amide bonds. The lowest BCUT2D eigenvalue weighted by Gasteiger charge is -2.39. The van der Waals surface area contributed by atoms with Gasteiger partial charge in [0.1, 0.15) is 35.3 Å². The van der Waals surface area contributed by atoms with Crippen molar-refractivity contribution >= 4 is 64.2 Å². The largest absolute Gasteiger partial charge is 0.483 e. The Balaban J connectivity index is 0.00000214. The Bertz CT molecular complexity index is 2820. The Morgan fingerprint density at radius 2 is 1.55 bits per heavy atom. The lowest BCUT2D eigenvalue weighted by Crippen LogP contribution is -2.50. The van der Waals surface area contributed by atoms with Crippen LogP contribution in [0, 0.1) is 17.6 Å². The Kier molecular flexibility index (Phi) is 14.7. The van der Waals surface area contributed by atoms with Crippen molar-refractivity contribution in [3.63, 3.8) is 0 Å². The number of likely N-dealkylation sites (tertiary alicyclic amines) is 1. The molecule has 5 aliphatic rings. The Labute approximate surface area is 418 Å². The van der Waals surface area contributed by atoms with Crippen LogP contribution in [0.4, 0.5) is 36.5 Å². The van der Waals surface area contributed by atoms with E-state index in [1.807, 2.05) is 25.5 Å². The highest BCUT2D eigenvalue weighted by Gasteiger charge is 2.37. The zero-order valence-electron chi connectivity index (χ0n) is 40.9. The number of carbonyl (C=O) groups is 5. The molecule has 25 heteroatoms. The van der Waals surface area contributed by atoms with Gasteiger partial charge in [0.25, 0.3) is 12.4 Å². The summed E-state index contributed by atoms with van der Waals surface area (Å²) >= 11 is 0. The topological polar surface area (TPSA) is 276 Å². The minimum atomic E-state index is -0.746. The third-order valence-electron chi connectivity index (χ3n) is 13.9. The summed E-state index contributed by atoms with van der Waals surface area (Å²) in [6.45, 7) is 11.4. The second kappa shape index (κ2) is 21.3. The van der Waals surface area contributed by atoms with Gasteiger partial charge in [-0.15, -0.1) is 0 Å². The van der Waals surface area contributed by atoms with Crippen LogP contribution in [0.2, 0.25) is 0 Å². The highest BCUT2D eigenvalue weighted by molar-refractivity contribution is 6.02. The molecule has 1 atom stereocenters. The fourth-order valence-electron chi connectivity index (χ4n) is 9.85. The molecule has 5 N–H and O–H groups in total. The van der Waals surface area contributed by atoms with Gasteiger partial charge in [0.15, 0.2) is 35.5 Å². The summed E-state index contributed by atoms with van der Waals surface area (Å²) in [5.74, 6) is -0.556. The first kappa shape index (κ1) is 50.4. The van der Waals surface area contributed by atoms with E-state index < -0.39 is 35.2 Å². The predicted octanol–water partition coefficient (Wildman–Crippen LogP) is 3.67. The van der Waals surface area contributed by atoms with Crippen LogP contribution < -0.4 is 26.2 Å². The lowest BCUT2D eigenvalue weighted by molar-refractivity contribution is -0.136. The normalized spacial score (nSPS) is 19.1. The molecule has 5 aromatic rings. The van der Waals surface area contributed by atoms with Crippen molar-refractivity contribution in [2.45, 2.75) is 76.8 Å². The maximum atomic E-state index is 15.3. The number of piperidine rings is 2. The standard InChI is InChI=1S/C47H57F2N15O6.CH2O2/c1-47(2,3)64-44-37(42(50)53-26-54-44)38(57-64)39-36(41(70-58-39)28-4-5-28)43-51-22-30(23-52-43)60-16-18-63(19-17-60)46(68)69-25-35(66)61-10-8-27(9-11-61)24-59-12-14-62(15-13-59)40-31(48)20-29(21-32(40)49)55-33-6-7-34(65)56-45(33)67;2-1-3/h20-23,26-28,33,55H,4-19,24-25H2,1-3H3,(H2,50,53,54)(H,56,65,67);1H,(H,2,3)/t33-;/m0./s1. The number of carboxylic acid groups (broad SMARTS) is 1. The van der Waals surface area contributed by atoms with Crippen LogP contribution >= 0.6 is 0 Å². The van der Waals surface area contributed by atoms with Gasteiger partial charge in [0.05, 0.1) is 34.6 Å². The number of nitrogen functional groups attached to an aromatic ring is 1. The van der Waals surface area contributed by atoms with Gasteiger partial charge in [-0.25, -0.2) is 38.2 Å². The van der Waals surface area contributed by atoms with Crippen molar-refractivity contribution in [2.75, 3.05) is 99.4 Å². The Hall–Kier alpha value is -7.57. The zero-order valence-corrected chi connectivity index (χ0v) is 40.9. The van der Waals surface area contributed by atoms with Crippen molar-refractivity contribution in [1.29, 1.82) is 0 Å². The fraction of sp³-hybridized carbons (Fsp3) is 0.521. The predicted molar refractivity (Wildman–Crippen MR) is 261 cm³/mol. The summed E-state index contributed by atoms with van der Waals surface area (Å²) in [5, 5.41) is 22.0. The van der Waals surface area contributed by atoms with Gasteiger partial charge in [-0.3, -0.25) is 29.4 Å².